The summed E-state index contributed by atoms with van der Waals surface area (Å²) in [5, 5.41) is 2.48. The van der Waals surface area contributed by atoms with Crippen LogP contribution in [0.1, 0.15) is 22.6 Å². The molecule has 1 heteroatoms. The Morgan fingerprint density at radius 3 is 1.88 bits per heavy atom. The fraction of sp³-hybridized carbons (Fsp3) is 0.0435. The van der Waals surface area contributed by atoms with Crippen LogP contribution in [0.2, 0.25) is 0 Å². The number of fused-ring (bicyclic) bond motifs is 4. The highest BCUT2D eigenvalue weighted by atomic mass is 14.6. The van der Waals surface area contributed by atoms with E-state index in [2.05, 4.69) is 78.9 Å². The Morgan fingerprint density at radius 1 is 0.583 bits per heavy atom. The minimum absolute atomic E-state index is 0.198. The van der Waals surface area contributed by atoms with Gasteiger partial charge in [0.15, 0.2) is 0 Å². The molecule has 114 valence electrons. The van der Waals surface area contributed by atoms with E-state index < -0.39 is 0 Å². The highest BCUT2D eigenvalue weighted by Crippen LogP contribution is 2.50. The van der Waals surface area contributed by atoms with Gasteiger partial charge in [-0.15, -0.1) is 0 Å². The first kappa shape index (κ1) is 13.4. The molecule has 0 spiro atoms. The fourth-order valence-corrected chi connectivity index (χ4v) is 4.10. The summed E-state index contributed by atoms with van der Waals surface area (Å²) in [6.07, 6.45) is 0. The van der Waals surface area contributed by atoms with Crippen molar-refractivity contribution < 1.29 is 0 Å². The van der Waals surface area contributed by atoms with Crippen molar-refractivity contribution in [2.75, 3.05) is 5.73 Å². The van der Waals surface area contributed by atoms with Crippen molar-refractivity contribution in [3.05, 3.63) is 102 Å². The van der Waals surface area contributed by atoms with Gasteiger partial charge in [-0.1, -0.05) is 78.9 Å². The van der Waals surface area contributed by atoms with E-state index in [4.69, 9.17) is 5.73 Å². The van der Waals surface area contributed by atoms with Crippen LogP contribution in [0, 0.1) is 0 Å². The monoisotopic (exact) mass is 307 g/mol. The lowest BCUT2D eigenvalue weighted by atomic mass is 9.85. The molecule has 0 heterocycles. The maximum absolute atomic E-state index is 6.48. The number of nitrogens with two attached hydrogens (primary N) is 1. The van der Waals surface area contributed by atoms with Crippen LogP contribution in [0.3, 0.4) is 0 Å². The molecule has 4 aromatic rings. The summed E-state index contributed by atoms with van der Waals surface area (Å²) >= 11 is 0. The van der Waals surface area contributed by atoms with Gasteiger partial charge in [-0.2, -0.15) is 0 Å². The number of rotatable bonds is 1. The third-order valence-corrected chi connectivity index (χ3v) is 5.13. The largest absolute Gasteiger partial charge is 0.398 e. The van der Waals surface area contributed by atoms with E-state index in [9.17, 15) is 0 Å². The molecule has 0 atom stereocenters. The van der Waals surface area contributed by atoms with Gasteiger partial charge in [0.25, 0.3) is 0 Å². The lowest BCUT2D eigenvalue weighted by Gasteiger charge is -2.19. The molecular formula is C23H17N. The molecule has 0 amide bonds. The SMILES string of the molecule is Nc1ccc2ccccc2c1C1c2ccccc2-c2ccccc21. The Bertz CT molecular complexity index is 1030. The summed E-state index contributed by atoms with van der Waals surface area (Å²) < 4.78 is 0. The molecule has 0 aliphatic heterocycles. The molecule has 5 rings (SSSR count). The molecule has 4 aromatic carbocycles. The molecule has 24 heavy (non-hydrogen) atoms. The lowest BCUT2D eigenvalue weighted by molar-refractivity contribution is 1.03. The molecule has 0 saturated heterocycles. The zero-order valence-corrected chi connectivity index (χ0v) is 13.2. The molecule has 0 aromatic heterocycles. The second-order valence-corrected chi connectivity index (χ2v) is 6.40. The first-order valence-corrected chi connectivity index (χ1v) is 8.30. The molecule has 0 bridgehead atoms. The number of benzene rings is 4. The Labute approximate surface area is 141 Å². The predicted octanol–water partition coefficient (Wildman–Crippen LogP) is 5.58. The number of nitrogen functional groups attached to an aromatic ring is 1. The van der Waals surface area contributed by atoms with Gasteiger partial charge in [0.05, 0.1) is 0 Å². The van der Waals surface area contributed by atoms with Crippen molar-refractivity contribution in [3.63, 3.8) is 0 Å². The smallest absolute Gasteiger partial charge is 0.0378 e. The maximum Gasteiger partial charge on any atom is 0.0378 e. The predicted molar refractivity (Wildman–Crippen MR) is 101 cm³/mol. The Balaban J connectivity index is 1.90. The van der Waals surface area contributed by atoms with Crippen LogP contribution in [-0.2, 0) is 0 Å². The Kier molecular flexibility index (Phi) is 2.77. The average Bonchev–Trinajstić information content (AvgIpc) is 2.96. The first-order valence-electron chi connectivity index (χ1n) is 8.30. The van der Waals surface area contributed by atoms with E-state index in [1.54, 1.807) is 0 Å². The van der Waals surface area contributed by atoms with Crippen molar-refractivity contribution in [3.8, 4) is 11.1 Å². The summed E-state index contributed by atoms with van der Waals surface area (Å²) in [7, 11) is 0. The van der Waals surface area contributed by atoms with Crippen molar-refractivity contribution in [1.82, 2.24) is 0 Å². The van der Waals surface area contributed by atoms with Gasteiger partial charge in [0.1, 0.15) is 0 Å². The Morgan fingerprint density at radius 2 is 1.17 bits per heavy atom. The topological polar surface area (TPSA) is 26.0 Å². The quantitative estimate of drug-likeness (QED) is 0.402. The fourth-order valence-electron chi connectivity index (χ4n) is 4.10. The highest BCUT2D eigenvalue weighted by Gasteiger charge is 2.31. The second kappa shape index (κ2) is 4.97. The van der Waals surface area contributed by atoms with Crippen LogP contribution < -0.4 is 5.73 Å². The molecule has 1 aliphatic carbocycles. The van der Waals surface area contributed by atoms with Crippen molar-refractivity contribution in [1.29, 1.82) is 0 Å². The van der Waals surface area contributed by atoms with Crippen LogP contribution in [0.4, 0.5) is 5.69 Å². The van der Waals surface area contributed by atoms with Gasteiger partial charge in [-0.05, 0) is 44.7 Å². The van der Waals surface area contributed by atoms with Crippen LogP contribution in [0.15, 0.2) is 84.9 Å². The standard InChI is InChI=1S/C23H17N/c24-21-14-13-15-7-1-2-8-16(15)23(21)22-19-11-5-3-9-17(19)18-10-4-6-12-20(18)22/h1-14,22H,24H2. The molecule has 0 fully saturated rings. The third kappa shape index (κ3) is 1.75. The second-order valence-electron chi connectivity index (χ2n) is 6.40. The average molecular weight is 307 g/mol. The summed E-state index contributed by atoms with van der Waals surface area (Å²) in [6.45, 7) is 0. The minimum atomic E-state index is 0.198. The maximum atomic E-state index is 6.48. The Hall–Kier alpha value is -3.06. The van der Waals surface area contributed by atoms with Crippen LogP contribution in [0.25, 0.3) is 21.9 Å². The first-order chi connectivity index (χ1) is 11.8. The van der Waals surface area contributed by atoms with E-state index in [0.29, 0.717) is 0 Å². The normalized spacial score (nSPS) is 13.0. The molecule has 1 nitrogen and oxygen atoms in total. The summed E-state index contributed by atoms with van der Waals surface area (Å²) in [4.78, 5) is 0. The molecule has 0 saturated carbocycles. The van der Waals surface area contributed by atoms with E-state index >= 15 is 0 Å². The van der Waals surface area contributed by atoms with Gasteiger partial charge in [-0.3, -0.25) is 0 Å². The summed E-state index contributed by atoms with van der Waals surface area (Å²) in [5.41, 5.74) is 13.9. The number of hydrogen-bond acceptors (Lipinski definition) is 1. The highest BCUT2D eigenvalue weighted by molar-refractivity contribution is 5.94. The third-order valence-electron chi connectivity index (χ3n) is 5.13. The van der Waals surface area contributed by atoms with Gasteiger partial charge in [0, 0.05) is 11.6 Å². The van der Waals surface area contributed by atoms with E-state index in [1.807, 2.05) is 6.07 Å². The van der Waals surface area contributed by atoms with Gasteiger partial charge < -0.3 is 5.73 Å². The van der Waals surface area contributed by atoms with E-state index in [0.717, 1.165) is 5.69 Å². The van der Waals surface area contributed by atoms with E-state index in [1.165, 1.54) is 38.6 Å². The van der Waals surface area contributed by atoms with Crippen LogP contribution in [-0.4, -0.2) is 0 Å². The zero-order valence-electron chi connectivity index (χ0n) is 13.2. The van der Waals surface area contributed by atoms with Crippen LogP contribution in [0.5, 0.6) is 0 Å². The van der Waals surface area contributed by atoms with E-state index in [-0.39, 0.29) is 5.92 Å². The number of hydrogen-bond donors (Lipinski definition) is 1. The minimum Gasteiger partial charge on any atom is -0.398 e. The molecule has 0 radical (unpaired) electrons. The molecular weight excluding hydrogens is 290 g/mol. The lowest BCUT2D eigenvalue weighted by Crippen LogP contribution is -2.04. The number of anilines is 1. The van der Waals surface area contributed by atoms with Crippen molar-refractivity contribution in [2.45, 2.75) is 5.92 Å². The summed E-state index contributed by atoms with van der Waals surface area (Å²) in [5.74, 6) is 0.198. The molecule has 0 unspecified atom stereocenters. The molecule has 1 aliphatic rings. The van der Waals surface area contributed by atoms with Crippen molar-refractivity contribution >= 4 is 16.5 Å². The molecule has 2 N–H and O–H groups in total. The van der Waals surface area contributed by atoms with Crippen LogP contribution >= 0.6 is 0 Å². The van der Waals surface area contributed by atoms with Gasteiger partial charge >= 0.3 is 0 Å². The summed E-state index contributed by atoms with van der Waals surface area (Å²) in [6, 6.07) is 30.1. The van der Waals surface area contributed by atoms with Gasteiger partial charge in [-0.25, -0.2) is 0 Å². The van der Waals surface area contributed by atoms with Gasteiger partial charge in [0.2, 0.25) is 0 Å². The van der Waals surface area contributed by atoms with Crippen molar-refractivity contribution in [2.24, 2.45) is 0 Å². The zero-order chi connectivity index (χ0) is 16.1.